The largest absolute Gasteiger partial charge is 0.466 e. The van der Waals surface area contributed by atoms with Crippen LogP contribution in [0.4, 0.5) is 0 Å². The fraction of sp³-hybridized carbons (Fsp3) is 0.750. The number of carbonyl (C=O) groups is 1. The van der Waals surface area contributed by atoms with Crippen molar-refractivity contribution in [1.82, 2.24) is 0 Å². The van der Waals surface area contributed by atoms with Gasteiger partial charge < -0.3 is 4.74 Å². The van der Waals surface area contributed by atoms with E-state index in [1.165, 1.54) is 32.8 Å². The molecule has 1 unspecified atom stereocenters. The Hall–Kier alpha value is -0.790. The molecule has 0 aromatic rings. The van der Waals surface area contributed by atoms with Crippen LogP contribution in [-0.2, 0) is 9.53 Å². The van der Waals surface area contributed by atoms with Gasteiger partial charge in [0.1, 0.15) is 0 Å². The van der Waals surface area contributed by atoms with Crippen molar-refractivity contribution in [2.45, 2.75) is 46.0 Å². The van der Waals surface area contributed by atoms with Crippen molar-refractivity contribution in [3.05, 3.63) is 12.2 Å². The first kappa shape index (κ1) is 13.2. The Labute approximate surface area is 87.3 Å². The van der Waals surface area contributed by atoms with E-state index in [-0.39, 0.29) is 11.9 Å². The highest BCUT2D eigenvalue weighted by atomic mass is 16.5. The van der Waals surface area contributed by atoms with E-state index in [1.807, 2.05) is 6.92 Å². The molecule has 0 saturated heterocycles. The van der Waals surface area contributed by atoms with E-state index in [4.69, 9.17) is 0 Å². The van der Waals surface area contributed by atoms with Crippen LogP contribution in [0.2, 0.25) is 0 Å². The number of rotatable bonds is 7. The van der Waals surface area contributed by atoms with Crippen molar-refractivity contribution in [2.24, 2.45) is 5.92 Å². The van der Waals surface area contributed by atoms with E-state index in [0.717, 1.165) is 6.42 Å². The molecule has 0 aliphatic rings. The summed E-state index contributed by atoms with van der Waals surface area (Å²) in [6.45, 7) is 7.97. The minimum Gasteiger partial charge on any atom is -0.466 e. The minimum atomic E-state index is -0.270. The van der Waals surface area contributed by atoms with Gasteiger partial charge in [0.2, 0.25) is 0 Å². The number of hydrogen-bond acceptors (Lipinski definition) is 2. The lowest BCUT2D eigenvalue weighted by Gasteiger charge is -2.12. The molecule has 0 saturated carbocycles. The van der Waals surface area contributed by atoms with Crippen LogP contribution in [-0.4, -0.2) is 13.1 Å². The standard InChI is InChI=1S/C12H22O2/c1-5-6-7-8-9-10(2)11(3)12(13)14-4/h10H,3,5-9H2,1-2,4H3. The van der Waals surface area contributed by atoms with Crippen LogP contribution >= 0.6 is 0 Å². The molecule has 0 rings (SSSR count). The van der Waals surface area contributed by atoms with Crippen molar-refractivity contribution >= 4 is 5.97 Å². The van der Waals surface area contributed by atoms with Gasteiger partial charge in [0.25, 0.3) is 0 Å². The van der Waals surface area contributed by atoms with Gasteiger partial charge in [-0.25, -0.2) is 4.79 Å². The predicted molar refractivity (Wildman–Crippen MR) is 59.1 cm³/mol. The first-order chi connectivity index (χ1) is 6.63. The van der Waals surface area contributed by atoms with Crippen LogP contribution < -0.4 is 0 Å². The normalized spacial score (nSPS) is 12.2. The maximum Gasteiger partial charge on any atom is 0.333 e. The fourth-order valence-electron chi connectivity index (χ4n) is 1.38. The highest BCUT2D eigenvalue weighted by molar-refractivity contribution is 5.88. The molecule has 1 atom stereocenters. The summed E-state index contributed by atoms with van der Waals surface area (Å²) < 4.78 is 4.62. The van der Waals surface area contributed by atoms with E-state index in [9.17, 15) is 4.79 Å². The van der Waals surface area contributed by atoms with Crippen LogP contribution in [0.15, 0.2) is 12.2 Å². The quantitative estimate of drug-likeness (QED) is 0.356. The molecule has 0 amide bonds. The summed E-state index contributed by atoms with van der Waals surface area (Å²) in [6, 6.07) is 0. The maximum atomic E-state index is 11.1. The first-order valence-electron chi connectivity index (χ1n) is 5.40. The Balaban J connectivity index is 3.67. The second-order valence-electron chi connectivity index (χ2n) is 3.77. The smallest absolute Gasteiger partial charge is 0.333 e. The Kier molecular flexibility index (Phi) is 7.17. The van der Waals surface area contributed by atoms with Crippen molar-refractivity contribution in [1.29, 1.82) is 0 Å². The summed E-state index contributed by atoms with van der Waals surface area (Å²) in [4.78, 5) is 11.1. The molecule has 0 aliphatic carbocycles. The van der Waals surface area contributed by atoms with Gasteiger partial charge >= 0.3 is 5.97 Å². The highest BCUT2D eigenvalue weighted by Crippen LogP contribution is 2.17. The van der Waals surface area contributed by atoms with Gasteiger partial charge in [0.05, 0.1) is 7.11 Å². The van der Waals surface area contributed by atoms with Crippen molar-refractivity contribution < 1.29 is 9.53 Å². The molecule has 0 radical (unpaired) electrons. The summed E-state index contributed by atoms with van der Waals surface area (Å²) >= 11 is 0. The average molecular weight is 198 g/mol. The zero-order valence-corrected chi connectivity index (χ0v) is 9.64. The molecular formula is C12H22O2. The fourth-order valence-corrected chi connectivity index (χ4v) is 1.38. The zero-order chi connectivity index (χ0) is 11.0. The third-order valence-corrected chi connectivity index (χ3v) is 2.53. The summed E-state index contributed by atoms with van der Waals surface area (Å²) in [5, 5.41) is 0. The van der Waals surface area contributed by atoms with Crippen LogP contribution in [0, 0.1) is 5.92 Å². The number of methoxy groups -OCH3 is 1. The summed E-state index contributed by atoms with van der Waals surface area (Å²) in [7, 11) is 1.40. The summed E-state index contributed by atoms with van der Waals surface area (Å²) in [5.74, 6) is -0.0210. The first-order valence-corrected chi connectivity index (χ1v) is 5.40. The number of carbonyl (C=O) groups excluding carboxylic acids is 1. The van der Waals surface area contributed by atoms with Crippen LogP contribution in [0.5, 0.6) is 0 Å². The highest BCUT2D eigenvalue weighted by Gasteiger charge is 2.14. The van der Waals surface area contributed by atoms with Gasteiger partial charge in [0, 0.05) is 5.57 Å². The predicted octanol–water partition coefficient (Wildman–Crippen LogP) is 3.32. The molecule has 0 aliphatic heterocycles. The lowest BCUT2D eigenvalue weighted by atomic mass is 9.96. The van der Waals surface area contributed by atoms with Gasteiger partial charge in [-0.3, -0.25) is 0 Å². The monoisotopic (exact) mass is 198 g/mol. The molecular weight excluding hydrogens is 176 g/mol. The molecule has 0 aromatic heterocycles. The van der Waals surface area contributed by atoms with Crippen molar-refractivity contribution in [3.63, 3.8) is 0 Å². The van der Waals surface area contributed by atoms with E-state index < -0.39 is 0 Å². The summed E-state index contributed by atoms with van der Waals surface area (Å²) in [6.07, 6.45) is 5.97. The molecule has 0 N–H and O–H groups in total. The number of unbranched alkanes of at least 4 members (excludes halogenated alkanes) is 3. The minimum absolute atomic E-state index is 0.249. The van der Waals surface area contributed by atoms with E-state index in [0.29, 0.717) is 5.57 Å². The number of esters is 1. The molecule has 0 spiro atoms. The van der Waals surface area contributed by atoms with E-state index >= 15 is 0 Å². The third-order valence-electron chi connectivity index (χ3n) is 2.53. The zero-order valence-electron chi connectivity index (χ0n) is 9.64. The van der Waals surface area contributed by atoms with E-state index in [2.05, 4.69) is 18.2 Å². The SMILES string of the molecule is C=C(C(=O)OC)C(C)CCCCCC. The molecule has 0 fully saturated rings. The Morgan fingerprint density at radius 3 is 2.50 bits per heavy atom. The molecule has 2 nitrogen and oxygen atoms in total. The van der Waals surface area contributed by atoms with Gasteiger partial charge in [-0.1, -0.05) is 46.1 Å². The van der Waals surface area contributed by atoms with E-state index in [1.54, 1.807) is 0 Å². The second-order valence-corrected chi connectivity index (χ2v) is 3.77. The molecule has 14 heavy (non-hydrogen) atoms. The van der Waals surface area contributed by atoms with Crippen molar-refractivity contribution in [3.8, 4) is 0 Å². The molecule has 0 heterocycles. The molecule has 82 valence electrons. The summed E-state index contributed by atoms with van der Waals surface area (Å²) in [5.41, 5.74) is 0.601. The van der Waals surface area contributed by atoms with Gasteiger partial charge in [0.15, 0.2) is 0 Å². The van der Waals surface area contributed by atoms with Crippen LogP contribution in [0.1, 0.15) is 46.0 Å². The lowest BCUT2D eigenvalue weighted by molar-refractivity contribution is -0.136. The molecule has 2 heteroatoms. The molecule has 0 bridgehead atoms. The topological polar surface area (TPSA) is 26.3 Å². The molecule has 0 aromatic carbocycles. The van der Waals surface area contributed by atoms with Crippen LogP contribution in [0.3, 0.4) is 0 Å². The lowest BCUT2D eigenvalue weighted by Crippen LogP contribution is -2.11. The van der Waals surface area contributed by atoms with Crippen LogP contribution in [0.25, 0.3) is 0 Å². The Morgan fingerprint density at radius 2 is 2.00 bits per heavy atom. The third kappa shape index (κ3) is 5.05. The average Bonchev–Trinajstić information content (AvgIpc) is 2.21. The Bertz CT molecular complexity index is 185. The second kappa shape index (κ2) is 7.60. The van der Waals surface area contributed by atoms with Gasteiger partial charge in [-0.2, -0.15) is 0 Å². The van der Waals surface area contributed by atoms with Crippen molar-refractivity contribution in [2.75, 3.05) is 7.11 Å². The maximum absolute atomic E-state index is 11.1. The number of hydrogen-bond donors (Lipinski definition) is 0. The Morgan fingerprint density at radius 1 is 1.36 bits per heavy atom. The van der Waals surface area contributed by atoms with Gasteiger partial charge in [-0.05, 0) is 12.3 Å². The number of ether oxygens (including phenoxy) is 1. The van der Waals surface area contributed by atoms with Gasteiger partial charge in [-0.15, -0.1) is 0 Å².